The van der Waals surface area contributed by atoms with Gasteiger partial charge in [0.1, 0.15) is 0 Å². The molecule has 0 fully saturated rings. The molecule has 16 heavy (non-hydrogen) atoms. The fourth-order valence-electron chi connectivity index (χ4n) is 1.37. The van der Waals surface area contributed by atoms with Crippen LogP contribution in [0.2, 0.25) is 0 Å². The lowest BCUT2D eigenvalue weighted by Crippen LogP contribution is -2.33. The number of nitrogens with zero attached hydrogens (tertiary/aromatic N) is 2. The average Bonchev–Trinajstić information content (AvgIpc) is 2.14. The van der Waals surface area contributed by atoms with Gasteiger partial charge in [-0.15, -0.1) is 0 Å². The number of nitrogens with one attached hydrogen (secondary N) is 1. The molecule has 0 aromatic heterocycles. The minimum Gasteiger partial charge on any atom is -0.315 e. The predicted octanol–water partition coefficient (Wildman–Crippen LogP) is -0.191. The molecular formula is C10H25N3O2S. The van der Waals surface area contributed by atoms with Gasteiger partial charge in [0.15, 0.2) is 0 Å². The Morgan fingerprint density at radius 3 is 2.19 bits per heavy atom. The number of hydrogen-bond donors (Lipinski definition) is 1. The summed E-state index contributed by atoms with van der Waals surface area (Å²) in [7, 11) is 1.04. The van der Waals surface area contributed by atoms with E-state index in [9.17, 15) is 8.42 Å². The molecule has 0 heterocycles. The van der Waals surface area contributed by atoms with Gasteiger partial charge < -0.3 is 10.2 Å². The van der Waals surface area contributed by atoms with E-state index in [1.165, 1.54) is 10.6 Å². The van der Waals surface area contributed by atoms with Crippen LogP contribution >= 0.6 is 0 Å². The van der Waals surface area contributed by atoms with E-state index in [2.05, 4.69) is 10.2 Å². The van der Waals surface area contributed by atoms with Crippen molar-refractivity contribution in [3.8, 4) is 0 Å². The standard InChI is InChI=1S/C10H25N3O2S/c1-5-13(16(4,14)15)9-6-7-11-8-10-12(2)3/h11H,5-10H2,1-4H3. The molecule has 5 nitrogen and oxygen atoms in total. The minimum atomic E-state index is -3.02. The third kappa shape index (κ3) is 8.04. The highest BCUT2D eigenvalue weighted by molar-refractivity contribution is 7.88. The summed E-state index contributed by atoms with van der Waals surface area (Å²) in [4.78, 5) is 2.11. The lowest BCUT2D eigenvalue weighted by molar-refractivity contribution is 0.389. The fraction of sp³-hybridized carbons (Fsp3) is 1.00. The zero-order chi connectivity index (χ0) is 12.6. The molecule has 0 bridgehead atoms. The molecule has 6 heteroatoms. The summed E-state index contributed by atoms with van der Waals surface area (Å²) in [5, 5.41) is 3.28. The summed E-state index contributed by atoms with van der Waals surface area (Å²) in [6, 6.07) is 0. The van der Waals surface area contributed by atoms with Crippen LogP contribution < -0.4 is 5.32 Å². The maximum absolute atomic E-state index is 11.3. The van der Waals surface area contributed by atoms with Gasteiger partial charge >= 0.3 is 0 Å². The number of rotatable bonds is 9. The van der Waals surface area contributed by atoms with Crippen LogP contribution in [0.15, 0.2) is 0 Å². The normalized spacial score (nSPS) is 12.6. The molecule has 0 spiro atoms. The van der Waals surface area contributed by atoms with E-state index in [1.807, 2.05) is 21.0 Å². The van der Waals surface area contributed by atoms with Gasteiger partial charge in [0, 0.05) is 26.2 Å². The Kier molecular flexibility index (Phi) is 7.91. The Bertz CT molecular complexity index is 265. The highest BCUT2D eigenvalue weighted by atomic mass is 32.2. The molecule has 0 aromatic carbocycles. The van der Waals surface area contributed by atoms with Crippen LogP contribution in [-0.4, -0.2) is 70.7 Å². The quantitative estimate of drug-likeness (QED) is 0.577. The maximum Gasteiger partial charge on any atom is 0.211 e. The molecule has 1 N–H and O–H groups in total. The van der Waals surface area contributed by atoms with Crippen molar-refractivity contribution in [2.45, 2.75) is 13.3 Å². The highest BCUT2D eigenvalue weighted by Gasteiger charge is 2.12. The summed E-state index contributed by atoms with van der Waals surface area (Å²) >= 11 is 0. The third-order valence-corrected chi connectivity index (χ3v) is 3.70. The van der Waals surface area contributed by atoms with Crippen molar-refractivity contribution in [1.29, 1.82) is 0 Å². The van der Waals surface area contributed by atoms with Gasteiger partial charge in [-0.2, -0.15) is 0 Å². The zero-order valence-electron chi connectivity index (χ0n) is 10.9. The van der Waals surface area contributed by atoms with E-state index in [1.54, 1.807) is 0 Å². The van der Waals surface area contributed by atoms with Gasteiger partial charge in [0.05, 0.1) is 6.26 Å². The van der Waals surface area contributed by atoms with Crippen LogP contribution in [0.1, 0.15) is 13.3 Å². The van der Waals surface area contributed by atoms with Gasteiger partial charge in [-0.3, -0.25) is 0 Å². The Balaban J connectivity index is 3.57. The van der Waals surface area contributed by atoms with Crippen molar-refractivity contribution in [3.63, 3.8) is 0 Å². The molecule has 0 aliphatic carbocycles. The molecule has 0 unspecified atom stereocenters. The van der Waals surface area contributed by atoms with E-state index in [0.717, 1.165) is 26.1 Å². The number of sulfonamides is 1. The molecule has 0 amide bonds. The van der Waals surface area contributed by atoms with Gasteiger partial charge in [-0.1, -0.05) is 6.92 Å². The van der Waals surface area contributed by atoms with Gasteiger partial charge in [0.25, 0.3) is 0 Å². The Morgan fingerprint density at radius 2 is 1.75 bits per heavy atom. The number of likely N-dealkylation sites (N-methyl/N-ethyl adjacent to an activating group) is 1. The average molecular weight is 251 g/mol. The minimum absolute atomic E-state index is 0.552. The summed E-state index contributed by atoms with van der Waals surface area (Å²) in [5.41, 5.74) is 0. The van der Waals surface area contributed by atoms with Crippen molar-refractivity contribution in [2.24, 2.45) is 0 Å². The van der Waals surface area contributed by atoms with Crippen molar-refractivity contribution in [2.75, 3.05) is 53.1 Å². The van der Waals surface area contributed by atoms with Crippen molar-refractivity contribution >= 4 is 10.0 Å². The molecule has 0 aromatic rings. The first-order chi connectivity index (χ1) is 7.38. The first kappa shape index (κ1) is 15.8. The first-order valence-corrected chi connectivity index (χ1v) is 7.53. The van der Waals surface area contributed by atoms with E-state index in [0.29, 0.717) is 13.1 Å². The second kappa shape index (κ2) is 8.00. The molecule has 0 rings (SSSR count). The predicted molar refractivity (Wildman–Crippen MR) is 68.1 cm³/mol. The lowest BCUT2D eigenvalue weighted by atomic mass is 10.4. The fourth-order valence-corrected chi connectivity index (χ4v) is 2.30. The van der Waals surface area contributed by atoms with Gasteiger partial charge in [-0.05, 0) is 27.1 Å². The smallest absolute Gasteiger partial charge is 0.211 e. The zero-order valence-corrected chi connectivity index (χ0v) is 11.7. The van der Waals surface area contributed by atoms with Gasteiger partial charge in [0.2, 0.25) is 10.0 Å². The van der Waals surface area contributed by atoms with Crippen LogP contribution in [0, 0.1) is 0 Å². The first-order valence-electron chi connectivity index (χ1n) is 5.68. The Labute approximate surface area is 99.9 Å². The van der Waals surface area contributed by atoms with Crippen LogP contribution in [0.5, 0.6) is 0 Å². The summed E-state index contributed by atoms with van der Waals surface area (Å²) in [6.45, 7) is 5.82. The Morgan fingerprint density at radius 1 is 1.12 bits per heavy atom. The van der Waals surface area contributed by atoms with Crippen molar-refractivity contribution in [1.82, 2.24) is 14.5 Å². The van der Waals surface area contributed by atoms with Crippen LogP contribution in [0.4, 0.5) is 0 Å². The summed E-state index contributed by atoms with van der Waals surface area (Å²) in [6.07, 6.45) is 2.12. The maximum atomic E-state index is 11.3. The molecule has 0 atom stereocenters. The monoisotopic (exact) mass is 251 g/mol. The molecule has 0 aliphatic rings. The largest absolute Gasteiger partial charge is 0.315 e. The molecule has 0 saturated carbocycles. The lowest BCUT2D eigenvalue weighted by Gasteiger charge is -2.17. The third-order valence-electron chi connectivity index (χ3n) is 2.32. The van der Waals surface area contributed by atoms with Crippen LogP contribution in [0.25, 0.3) is 0 Å². The molecule has 0 aliphatic heterocycles. The van der Waals surface area contributed by atoms with E-state index >= 15 is 0 Å². The summed E-state index contributed by atoms with van der Waals surface area (Å²) in [5.74, 6) is 0. The molecule has 0 saturated heterocycles. The SMILES string of the molecule is CCN(CCCNCCN(C)C)S(C)(=O)=O. The van der Waals surface area contributed by atoms with Gasteiger partial charge in [-0.25, -0.2) is 12.7 Å². The van der Waals surface area contributed by atoms with E-state index < -0.39 is 10.0 Å². The number of hydrogen-bond acceptors (Lipinski definition) is 4. The molecule has 98 valence electrons. The highest BCUT2D eigenvalue weighted by Crippen LogP contribution is 1.97. The van der Waals surface area contributed by atoms with Crippen molar-refractivity contribution < 1.29 is 8.42 Å². The molecule has 0 radical (unpaired) electrons. The van der Waals surface area contributed by atoms with Crippen LogP contribution in [0.3, 0.4) is 0 Å². The molecular weight excluding hydrogens is 226 g/mol. The summed E-state index contributed by atoms with van der Waals surface area (Å²) < 4.78 is 24.0. The Hall–Kier alpha value is -0.170. The second-order valence-corrected chi connectivity index (χ2v) is 6.14. The topological polar surface area (TPSA) is 52.6 Å². The van der Waals surface area contributed by atoms with Crippen molar-refractivity contribution in [3.05, 3.63) is 0 Å². The van der Waals surface area contributed by atoms with E-state index in [4.69, 9.17) is 0 Å². The second-order valence-electron chi connectivity index (χ2n) is 4.16. The van der Waals surface area contributed by atoms with E-state index in [-0.39, 0.29) is 0 Å². The van der Waals surface area contributed by atoms with Crippen LogP contribution in [-0.2, 0) is 10.0 Å².